The molecule has 4 rings (SSSR count). The van der Waals surface area contributed by atoms with Crippen molar-refractivity contribution in [2.24, 2.45) is 40.4 Å². The number of Topliss-reactive ketones (excluding diaryl/α,β-unsaturated/α-hetero) is 1. The average Bonchev–Trinajstić information content (AvgIpc) is 3.10. The molecule has 0 aromatic carbocycles. The van der Waals surface area contributed by atoms with Gasteiger partial charge in [0.15, 0.2) is 0 Å². The molecule has 33 heavy (non-hydrogen) atoms. The lowest BCUT2D eigenvalue weighted by Crippen LogP contribution is -2.56. The van der Waals surface area contributed by atoms with Gasteiger partial charge in [0, 0.05) is 19.6 Å². The minimum atomic E-state index is -0.341. The Morgan fingerprint density at radius 2 is 1.67 bits per heavy atom. The summed E-state index contributed by atoms with van der Waals surface area (Å²) in [5.74, 6) is 3.48. The number of hydrogen-bond donors (Lipinski definition) is 0. The molecule has 0 N–H and O–H groups in total. The van der Waals surface area contributed by atoms with Gasteiger partial charge in [-0.25, -0.2) is 0 Å². The van der Waals surface area contributed by atoms with Crippen molar-refractivity contribution in [2.75, 3.05) is 33.9 Å². The maximum atomic E-state index is 12.7. The molecule has 0 aliphatic heterocycles. The molecule has 4 fully saturated rings. The van der Waals surface area contributed by atoms with E-state index in [1.165, 1.54) is 32.1 Å². The first-order chi connectivity index (χ1) is 15.5. The second-order valence-electron chi connectivity index (χ2n) is 12.8. The molecule has 0 unspecified atom stereocenters. The van der Waals surface area contributed by atoms with Gasteiger partial charge in [-0.15, -0.1) is 0 Å². The lowest BCUT2D eigenvalue weighted by atomic mass is 9.44. The van der Waals surface area contributed by atoms with Gasteiger partial charge >= 0.3 is 5.97 Å². The number of methoxy groups -OCH3 is 1. The van der Waals surface area contributed by atoms with E-state index in [0.717, 1.165) is 50.0 Å². The quantitative estimate of drug-likeness (QED) is 0.493. The third-order valence-corrected chi connectivity index (χ3v) is 10.9. The van der Waals surface area contributed by atoms with E-state index in [1.807, 2.05) is 18.9 Å². The number of fused-ring (bicyclic) bond motifs is 5. The largest absolute Gasteiger partial charge is 0.458 e. The molecule has 4 aliphatic rings. The summed E-state index contributed by atoms with van der Waals surface area (Å²) < 4.78 is 11.2. The Hall–Kier alpha value is -0.940. The van der Waals surface area contributed by atoms with Gasteiger partial charge in [0.05, 0.1) is 13.2 Å². The monoisotopic (exact) mass is 461 g/mol. The van der Waals surface area contributed by atoms with Crippen molar-refractivity contribution in [1.29, 1.82) is 0 Å². The highest BCUT2D eigenvalue weighted by Crippen LogP contribution is 2.68. The van der Waals surface area contributed by atoms with Crippen LogP contribution in [0, 0.1) is 40.4 Å². The molecule has 4 saturated carbocycles. The minimum Gasteiger partial charge on any atom is -0.458 e. The van der Waals surface area contributed by atoms with Crippen LogP contribution in [-0.4, -0.2) is 56.1 Å². The molecule has 0 radical (unpaired) electrons. The predicted molar refractivity (Wildman–Crippen MR) is 130 cm³/mol. The molecule has 0 bridgehead atoms. The van der Waals surface area contributed by atoms with Crippen LogP contribution in [0.1, 0.15) is 85.5 Å². The highest BCUT2D eigenvalue weighted by Gasteiger charge is 2.61. The molecule has 0 aromatic heterocycles. The van der Waals surface area contributed by atoms with Crippen LogP contribution in [0.15, 0.2) is 0 Å². The zero-order valence-corrected chi connectivity index (χ0v) is 22.0. The summed E-state index contributed by atoms with van der Waals surface area (Å²) in [6.07, 6.45) is 10.5. The zero-order valence-electron chi connectivity index (χ0n) is 22.0. The first-order valence-corrected chi connectivity index (χ1v) is 13.4. The number of ketones is 1. The zero-order chi connectivity index (χ0) is 24.0. The third kappa shape index (κ3) is 4.53. The Bertz CT molecular complexity index is 754. The van der Waals surface area contributed by atoms with E-state index in [-0.39, 0.29) is 22.9 Å². The SMILES string of the molecule is COCCN(C)CC(=O)O[C@]1(C)CC[C@@]2(C)[C@@H](CC[C@@H]3[C@@H]2CC[C@]2(C)[C@@H](C(C)=O)CC[C@@H]32)C1. The third-order valence-electron chi connectivity index (χ3n) is 10.9. The smallest absolute Gasteiger partial charge is 0.320 e. The van der Waals surface area contributed by atoms with Crippen molar-refractivity contribution >= 4 is 11.8 Å². The fourth-order valence-electron chi connectivity index (χ4n) is 9.03. The normalized spacial score (nSPS) is 44.6. The fourth-order valence-corrected chi connectivity index (χ4v) is 9.03. The molecule has 0 saturated heterocycles. The summed E-state index contributed by atoms with van der Waals surface area (Å²) in [6.45, 7) is 10.6. The van der Waals surface area contributed by atoms with Gasteiger partial charge in [0.1, 0.15) is 11.4 Å². The van der Waals surface area contributed by atoms with Crippen molar-refractivity contribution in [2.45, 2.75) is 91.1 Å². The Morgan fingerprint density at radius 1 is 0.939 bits per heavy atom. The molecular formula is C28H47NO4. The van der Waals surface area contributed by atoms with E-state index >= 15 is 0 Å². The number of hydrogen-bond acceptors (Lipinski definition) is 5. The van der Waals surface area contributed by atoms with Gasteiger partial charge in [-0.1, -0.05) is 13.8 Å². The molecule has 0 amide bonds. The molecule has 0 aromatic rings. The summed E-state index contributed by atoms with van der Waals surface area (Å²) in [6, 6.07) is 0. The Labute approximate surface area is 201 Å². The highest BCUT2D eigenvalue weighted by atomic mass is 16.6. The van der Waals surface area contributed by atoms with Crippen LogP contribution in [-0.2, 0) is 19.1 Å². The fraction of sp³-hybridized carbons (Fsp3) is 0.929. The van der Waals surface area contributed by atoms with Gasteiger partial charge in [0.2, 0.25) is 0 Å². The van der Waals surface area contributed by atoms with Crippen molar-refractivity contribution in [1.82, 2.24) is 4.90 Å². The topological polar surface area (TPSA) is 55.8 Å². The summed E-state index contributed by atoms with van der Waals surface area (Å²) in [5.41, 5.74) is 0.232. The number of carbonyl (C=O) groups is 2. The van der Waals surface area contributed by atoms with E-state index in [2.05, 4.69) is 20.8 Å². The predicted octanol–water partition coefficient (Wildman–Crippen LogP) is 5.11. The van der Waals surface area contributed by atoms with Gasteiger partial charge < -0.3 is 9.47 Å². The second kappa shape index (κ2) is 9.26. The number of carbonyl (C=O) groups excluding carboxylic acids is 2. The molecular weight excluding hydrogens is 414 g/mol. The molecule has 0 spiro atoms. The van der Waals surface area contributed by atoms with Crippen molar-refractivity contribution in [3.8, 4) is 0 Å². The number of nitrogens with zero attached hydrogens (tertiary/aromatic N) is 1. The van der Waals surface area contributed by atoms with Crippen LogP contribution < -0.4 is 0 Å². The number of likely N-dealkylation sites (N-methyl/N-ethyl adjacent to an activating group) is 1. The Balaban J connectivity index is 1.41. The first kappa shape index (κ1) is 25.2. The number of ether oxygens (including phenoxy) is 2. The molecule has 4 aliphatic carbocycles. The van der Waals surface area contributed by atoms with Crippen molar-refractivity contribution in [3.63, 3.8) is 0 Å². The van der Waals surface area contributed by atoms with E-state index in [9.17, 15) is 9.59 Å². The molecule has 0 heterocycles. The average molecular weight is 462 g/mol. The highest BCUT2D eigenvalue weighted by molar-refractivity contribution is 5.79. The van der Waals surface area contributed by atoms with Crippen molar-refractivity contribution in [3.05, 3.63) is 0 Å². The van der Waals surface area contributed by atoms with Crippen LogP contribution in [0.25, 0.3) is 0 Å². The van der Waals surface area contributed by atoms with Crippen LogP contribution in [0.4, 0.5) is 0 Å². The van der Waals surface area contributed by atoms with Crippen LogP contribution in [0.2, 0.25) is 0 Å². The Morgan fingerprint density at radius 3 is 2.36 bits per heavy atom. The van der Waals surface area contributed by atoms with E-state index in [0.29, 0.717) is 30.3 Å². The van der Waals surface area contributed by atoms with Gasteiger partial charge in [-0.2, -0.15) is 0 Å². The maximum Gasteiger partial charge on any atom is 0.320 e. The van der Waals surface area contributed by atoms with E-state index in [1.54, 1.807) is 7.11 Å². The van der Waals surface area contributed by atoms with Crippen LogP contribution in [0.3, 0.4) is 0 Å². The lowest BCUT2D eigenvalue weighted by molar-refractivity contribution is -0.181. The van der Waals surface area contributed by atoms with Gasteiger partial charge in [0.25, 0.3) is 0 Å². The van der Waals surface area contributed by atoms with E-state index < -0.39 is 0 Å². The molecule has 5 nitrogen and oxygen atoms in total. The summed E-state index contributed by atoms with van der Waals surface area (Å²) >= 11 is 0. The Kier molecular flexibility index (Phi) is 7.06. The standard InChI is InChI=1S/C28H47NO4/c1-19(30)22-9-10-23-21-8-7-20-17-26(2,33-25(31)18-29(5)15-16-32-6)13-14-27(20,3)24(21)11-12-28(22,23)4/h20-24H,7-18H2,1-6H3/t20-,21-,22+,23-,24-,26+,27-,28+/m0/s1. The summed E-state index contributed by atoms with van der Waals surface area (Å²) in [5, 5.41) is 0. The van der Waals surface area contributed by atoms with Crippen LogP contribution >= 0.6 is 0 Å². The lowest BCUT2D eigenvalue weighted by Gasteiger charge is -2.62. The minimum absolute atomic E-state index is 0.108. The van der Waals surface area contributed by atoms with Crippen molar-refractivity contribution < 1.29 is 19.1 Å². The van der Waals surface area contributed by atoms with Gasteiger partial charge in [-0.05, 0) is 113 Å². The summed E-state index contributed by atoms with van der Waals surface area (Å²) in [4.78, 5) is 27.0. The van der Waals surface area contributed by atoms with Gasteiger partial charge in [-0.3, -0.25) is 14.5 Å². The molecule has 5 heteroatoms. The summed E-state index contributed by atoms with van der Waals surface area (Å²) in [7, 11) is 3.63. The molecule has 188 valence electrons. The van der Waals surface area contributed by atoms with E-state index in [4.69, 9.17) is 9.47 Å². The molecule has 8 atom stereocenters. The number of rotatable bonds is 7. The van der Waals surface area contributed by atoms with Crippen LogP contribution in [0.5, 0.6) is 0 Å². The first-order valence-electron chi connectivity index (χ1n) is 13.4. The number of esters is 1. The maximum absolute atomic E-state index is 12.7. The second-order valence-corrected chi connectivity index (χ2v) is 12.8.